The van der Waals surface area contributed by atoms with E-state index < -0.39 is 0 Å². The van der Waals surface area contributed by atoms with Gasteiger partial charge in [-0.1, -0.05) is 37.8 Å². The summed E-state index contributed by atoms with van der Waals surface area (Å²) in [4.78, 5) is 33.2. The number of aryl methyl sites for hydroxylation is 1. The summed E-state index contributed by atoms with van der Waals surface area (Å²) in [5.41, 5.74) is 0. The Labute approximate surface area is 155 Å². The zero-order chi connectivity index (χ0) is 18.5. The van der Waals surface area contributed by atoms with Crippen LogP contribution >= 0.6 is 0 Å². The quantitative estimate of drug-likeness (QED) is 0.805. The van der Waals surface area contributed by atoms with E-state index in [9.17, 15) is 9.59 Å². The second-order valence-corrected chi connectivity index (χ2v) is 7.52. The first-order valence-electron chi connectivity index (χ1n) is 9.96. The van der Waals surface area contributed by atoms with Gasteiger partial charge >= 0.3 is 0 Å². The van der Waals surface area contributed by atoms with E-state index in [1.165, 1.54) is 25.7 Å². The first kappa shape index (κ1) is 18.9. The molecule has 1 aliphatic carbocycles. The maximum atomic E-state index is 12.8. The number of carbonyl (C=O) groups excluding carboxylic acids is 2. The number of rotatable bonds is 5. The number of amides is 2. The molecule has 1 aromatic heterocycles. The highest BCUT2D eigenvalue weighted by molar-refractivity contribution is 5.78. The van der Waals surface area contributed by atoms with Crippen molar-refractivity contribution in [3.05, 3.63) is 11.7 Å². The lowest BCUT2D eigenvalue weighted by Crippen LogP contribution is -2.40. The fourth-order valence-electron chi connectivity index (χ4n) is 4.16. The minimum absolute atomic E-state index is 0.0612. The Bertz CT molecular complexity index is 624. The van der Waals surface area contributed by atoms with Crippen molar-refractivity contribution in [1.82, 2.24) is 19.9 Å². The Balaban J connectivity index is 1.69. The maximum absolute atomic E-state index is 12.8. The SMILES string of the molecule is CCC(=O)N1CCCN(C(=O)CCC2CCCC2)CC1c1nc(C)no1. The third-order valence-electron chi connectivity index (χ3n) is 5.64. The molecule has 0 spiro atoms. The lowest BCUT2D eigenvalue weighted by molar-refractivity contribution is -0.136. The third kappa shape index (κ3) is 4.43. The van der Waals surface area contributed by atoms with E-state index in [0.717, 1.165) is 12.8 Å². The molecule has 1 aliphatic heterocycles. The summed E-state index contributed by atoms with van der Waals surface area (Å²) < 4.78 is 5.36. The topological polar surface area (TPSA) is 79.5 Å². The molecular weight excluding hydrogens is 332 g/mol. The Morgan fingerprint density at radius 3 is 2.58 bits per heavy atom. The minimum Gasteiger partial charge on any atom is -0.340 e. The van der Waals surface area contributed by atoms with Crippen molar-refractivity contribution in [3.63, 3.8) is 0 Å². The molecule has 0 radical (unpaired) electrons. The van der Waals surface area contributed by atoms with Crippen LogP contribution in [0.15, 0.2) is 4.52 Å². The predicted molar refractivity (Wildman–Crippen MR) is 96.2 cm³/mol. The van der Waals surface area contributed by atoms with Crippen molar-refractivity contribution < 1.29 is 14.1 Å². The molecule has 7 nitrogen and oxygen atoms in total. The Kier molecular flexibility index (Phi) is 6.27. The smallest absolute Gasteiger partial charge is 0.251 e. The van der Waals surface area contributed by atoms with Crippen molar-refractivity contribution in [2.75, 3.05) is 19.6 Å². The molecule has 1 saturated heterocycles. The highest BCUT2D eigenvalue weighted by Gasteiger charge is 2.34. The van der Waals surface area contributed by atoms with Crippen molar-refractivity contribution >= 4 is 11.8 Å². The zero-order valence-electron chi connectivity index (χ0n) is 15.9. The van der Waals surface area contributed by atoms with Crippen molar-refractivity contribution in [2.45, 2.75) is 71.3 Å². The second kappa shape index (κ2) is 8.64. The van der Waals surface area contributed by atoms with E-state index in [0.29, 0.717) is 50.1 Å². The van der Waals surface area contributed by atoms with E-state index in [-0.39, 0.29) is 17.9 Å². The van der Waals surface area contributed by atoms with Gasteiger partial charge in [-0.2, -0.15) is 4.98 Å². The van der Waals surface area contributed by atoms with E-state index in [2.05, 4.69) is 10.1 Å². The number of nitrogens with zero attached hydrogens (tertiary/aromatic N) is 4. The molecule has 3 rings (SSSR count). The third-order valence-corrected chi connectivity index (χ3v) is 5.64. The molecule has 2 amide bonds. The van der Waals surface area contributed by atoms with Gasteiger partial charge < -0.3 is 14.3 Å². The van der Waals surface area contributed by atoms with Crippen LogP contribution in [0.25, 0.3) is 0 Å². The van der Waals surface area contributed by atoms with Crippen LogP contribution < -0.4 is 0 Å². The molecule has 7 heteroatoms. The largest absolute Gasteiger partial charge is 0.340 e. The molecule has 1 saturated carbocycles. The Morgan fingerprint density at radius 1 is 1.15 bits per heavy atom. The molecular formula is C19H30N4O3. The standard InChI is InChI=1S/C19H30N4O3/c1-3-17(24)23-12-6-11-22(13-16(23)19-20-14(2)21-26-19)18(25)10-9-15-7-4-5-8-15/h15-16H,3-13H2,1-2H3. The molecule has 2 aliphatic rings. The molecule has 144 valence electrons. The van der Waals surface area contributed by atoms with Crippen LogP contribution in [0.2, 0.25) is 0 Å². The predicted octanol–water partition coefficient (Wildman–Crippen LogP) is 2.86. The Hall–Kier alpha value is -1.92. The van der Waals surface area contributed by atoms with Crippen molar-refractivity contribution in [3.8, 4) is 0 Å². The number of hydrogen-bond acceptors (Lipinski definition) is 5. The fraction of sp³-hybridized carbons (Fsp3) is 0.789. The van der Waals surface area contributed by atoms with Gasteiger partial charge in [-0.15, -0.1) is 0 Å². The van der Waals surface area contributed by atoms with Crippen LogP contribution in [0.5, 0.6) is 0 Å². The summed E-state index contributed by atoms with van der Waals surface area (Å²) in [6.07, 6.45) is 7.92. The first-order valence-corrected chi connectivity index (χ1v) is 9.96. The average molecular weight is 362 g/mol. The van der Waals surface area contributed by atoms with E-state index >= 15 is 0 Å². The van der Waals surface area contributed by atoms with Gasteiger partial charge in [0, 0.05) is 25.9 Å². The lowest BCUT2D eigenvalue weighted by atomic mass is 10.0. The highest BCUT2D eigenvalue weighted by atomic mass is 16.5. The van der Waals surface area contributed by atoms with E-state index in [1.807, 2.05) is 11.8 Å². The van der Waals surface area contributed by atoms with Gasteiger partial charge in [-0.25, -0.2) is 0 Å². The summed E-state index contributed by atoms with van der Waals surface area (Å²) in [5.74, 6) is 1.93. The van der Waals surface area contributed by atoms with Crippen LogP contribution in [0, 0.1) is 12.8 Å². The summed E-state index contributed by atoms with van der Waals surface area (Å²) in [7, 11) is 0. The molecule has 2 heterocycles. The van der Waals surface area contributed by atoms with Gasteiger partial charge in [-0.3, -0.25) is 9.59 Å². The van der Waals surface area contributed by atoms with Gasteiger partial charge in [-0.05, 0) is 25.7 Å². The van der Waals surface area contributed by atoms with Gasteiger partial charge in [0.25, 0.3) is 5.89 Å². The van der Waals surface area contributed by atoms with Crippen LogP contribution in [0.1, 0.15) is 76.0 Å². The second-order valence-electron chi connectivity index (χ2n) is 7.52. The molecule has 0 bridgehead atoms. The van der Waals surface area contributed by atoms with Gasteiger partial charge in [0.05, 0.1) is 6.54 Å². The number of carbonyl (C=O) groups is 2. The summed E-state index contributed by atoms with van der Waals surface area (Å²) >= 11 is 0. The summed E-state index contributed by atoms with van der Waals surface area (Å²) in [5, 5.41) is 3.87. The molecule has 0 aromatic carbocycles. The molecule has 2 fully saturated rings. The normalized spacial score (nSPS) is 21.8. The van der Waals surface area contributed by atoms with Crippen molar-refractivity contribution in [2.24, 2.45) is 5.92 Å². The Morgan fingerprint density at radius 2 is 1.92 bits per heavy atom. The van der Waals surface area contributed by atoms with Crippen LogP contribution in [-0.2, 0) is 9.59 Å². The van der Waals surface area contributed by atoms with Crippen molar-refractivity contribution in [1.29, 1.82) is 0 Å². The van der Waals surface area contributed by atoms with E-state index in [1.54, 1.807) is 11.8 Å². The van der Waals surface area contributed by atoms with Crippen LogP contribution in [-0.4, -0.2) is 51.4 Å². The number of aromatic nitrogens is 2. The highest BCUT2D eigenvalue weighted by Crippen LogP contribution is 2.30. The molecule has 0 N–H and O–H groups in total. The molecule has 1 unspecified atom stereocenters. The minimum atomic E-state index is -0.346. The summed E-state index contributed by atoms with van der Waals surface area (Å²) in [6.45, 7) is 5.36. The lowest BCUT2D eigenvalue weighted by Gasteiger charge is -2.29. The fourth-order valence-corrected chi connectivity index (χ4v) is 4.16. The first-order chi connectivity index (χ1) is 12.6. The van der Waals surface area contributed by atoms with Gasteiger partial charge in [0.15, 0.2) is 5.82 Å². The zero-order valence-corrected chi connectivity index (χ0v) is 15.9. The molecule has 1 aromatic rings. The van der Waals surface area contributed by atoms with E-state index in [4.69, 9.17) is 4.52 Å². The monoisotopic (exact) mass is 362 g/mol. The van der Waals surface area contributed by atoms with Gasteiger partial charge in [0.1, 0.15) is 6.04 Å². The molecule has 26 heavy (non-hydrogen) atoms. The van der Waals surface area contributed by atoms with Gasteiger partial charge in [0.2, 0.25) is 11.8 Å². The van der Waals surface area contributed by atoms with Crippen LogP contribution in [0.3, 0.4) is 0 Å². The summed E-state index contributed by atoms with van der Waals surface area (Å²) in [6, 6.07) is -0.346. The number of hydrogen-bond donors (Lipinski definition) is 0. The maximum Gasteiger partial charge on any atom is 0.251 e. The average Bonchev–Trinajstić information content (AvgIpc) is 3.26. The van der Waals surface area contributed by atoms with Crippen LogP contribution in [0.4, 0.5) is 0 Å². The molecule has 1 atom stereocenters.